The van der Waals surface area contributed by atoms with Gasteiger partial charge in [0.25, 0.3) is 0 Å². The van der Waals surface area contributed by atoms with Crippen molar-refractivity contribution in [3.8, 4) is 0 Å². The molecule has 0 fully saturated rings. The van der Waals surface area contributed by atoms with E-state index in [2.05, 4.69) is 99.2 Å². The molecule has 0 unspecified atom stereocenters. The minimum atomic E-state index is 0.115. The molecule has 18 heteroatoms. The molecule has 0 saturated heterocycles. The highest BCUT2D eigenvalue weighted by atomic mass is 32.3. The fourth-order valence-corrected chi connectivity index (χ4v) is 30.1. The van der Waals surface area contributed by atoms with Crippen LogP contribution in [0, 0.1) is 0 Å². The molecule has 0 aromatic carbocycles. The molecule has 83 heavy (non-hydrogen) atoms. The molecule has 4 nitrogen and oxygen atoms in total. The number of thioether (sulfide) groups is 14. The Bertz CT molecular complexity index is 1790. The molecule has 476 valence electrons. The Morgan fingerprint density at radius 1 is 0.277 bits per heavy atom. The molecule has 4 aliphatic heterocycles. The monoisotopic (exact) mass is 1400 g/mol. The van der Waals surface area contributed by atoms with E-state index >= 15 is 0 Å². The van der Waals surface area contributed by atoms with E-state index in [1.165, 1.54) is 264 Å². The van der Waals surface area contributed by atoms with E-state index in [1.54, 1.807) is 16.9 Å². The number of nitrogens with one attached hydrogen (secondary N) is 2. The number of carbonyl (C=O) groups is 2. The third-order valence-corrected chi connectivity index (χ3v) is 35.2. The van der Waals surface area contributed by atoms with Crippen molar-refractivity contribution in [2.45, 2.75) is 279 Å². The topological polar surface area (TPSA) is 58.2 Å². The Hall–Kier alpha value is 2.28. The molecular weight excluding hydrogens is 1290 g/mol. The van der Waals surface area contributed by atoms with Crippen molar-refractivity contribution >= 4 is 176 Å². The number of allylic oxidation sites excluding steroid dienone is 2. The van der Waals surface area contributed by atoms with Gasteiger partial charge in [0.2, 0.25) is 11.8 Å². The van der Waals surface area contributed by atoms with E-state index in [-0.39, 0.29) is 11.8 Å². The Morgan fingerprint density at radius 3 is 0.771 bits per heavy atom. The van der Waals surface area contributed by atoms with Crippen molar-refractivity contribution in [2.24, 2.45) is 0 Å². The third-order valence-electron chi connectivity index (χ3n) is 14.3. The molecule has 4 aliphatic rings. The standard InChI is InChI=1S/C65H110N2O2S14/c1-7-11-15-19-23-27-31-35-46-72-58-59(73-47-36-32-28-24-20-16-12-8-2)81-64(80-58)62-76-52(5)56(78-62)70-50-39-42-54(68)66-44-41-45-67-55(69)43-40-51-71-57-53(6)77-63(79-57)65-82-60(74-48-37-33-29-25-21-17-13-9-3)61(83-65)75-49-38-34-30-26-22-18-14-10-4/h7-51H2,1-6H3,(H,66,68)(H,67,69). The van der Waals surface area contributed by atoms with E-state index in [4.69, 9.17) is 0 Å². The van der Waals surface area contributed by atoms with Gasteiger partial charge < -0.3 is 10.6 Å². The van der Waals surface area contributed by atoms with Crippen LogP contribution in [0.15, 0.2) is 52.2 Å². The predicted molar refractivity (Wildman–Crippen MR) is 409 cm³/mol. The highest BCUT2D eigenvalue weighted by molar-refractivity contribution is 8.44. The van der Waals surface area contributed by atoms with Gasteiger partial charge in [-0.1, -0.05) is 302 Å². The van der Waals surface area contributed by atoms with E-state index in [0.29, 0.717) is 25.9 Å². The van der Waals surface area contributed by atoms with Crippen molar-refractivity contribution in [3.63, 3.8) is 0 Å². The Balaban J connectivity index is 1.06. The minimum Gasteiger partial charge on any atom is -0.356 e. The van der Waals surface area contributed by atoms with Gasteiger partial charge in [-0.2, -0.15) is 0 Å². The van der Waals surface area contributed by atoms with E-state index in [9.17, 15) is 9.59 Å². The van der Waals surface area contributed by atoms with Gasteiger partial charge in [0.1, 0.15) is 0 Å². The first-order valence-corrected chi connectivity index (χ1v) is 45.3. The van der Waals surface area contributed by atoms with Crippen molar-refractivity contribution in [1.82, 2.24) is 10.6 Å². The molecule has 0 spiro atoms. The molecule has 0 aromatic heterocycles. The Morgan fingerprint density at radius 2 is 0.494 bits per heavy atom. The predicted octanol–water partition coefficient (Wildman–Crippen LogP) is 26.9. The number of hydrogen-bond donors (Lipinski definition) is 2. The first-order chi connectivity index (χ1) is 40.8. The Labute approximate surface area is 569 Å². The summed E-state index contributed by atoms with van der Waals surface area (Å²) in [5.41, 5.74) is 0. The zero-order valence-electron chi connectivity index (χ0n) is 52.4. The molecule has 0 radical (unpaired) electrons. The number of unbranched alkanes of at least 4 members (excludes halogenated alkanes) is 28. The van der Waals surface area contributed by atoms with Gasteiger partial charge >= 0.3 is 0 Å². The maximum Gasteiger partial charge on any atom is 0.220 e. The van der Waals surface area contributed by atoms with Crippen LogP contribution in [0.3, 0.4) is 0 Å². The quantitative estimate of drug-likeness (QED) is 0.0568. The van der Waals surface area contributed by atoms with Crippen LogP contribution in [0.5, 0.6) is 0 Å². The molecule has 0 bridgehead atoms. The number of hydrogen-bond acceptors (Lipinski definition) is 16. The minimum absolute atomic E-state index is 0.115. The number of rotatable bonds is 54. The summed E-state index contributed by atoms with van der Waals surface area (Å²) in [5, 5.41) is 6.21. The normalized spacial score (nSPS) is 15.8. The first-order valence-electron chi connectivity index (χ1n) is 32.9. The number of carbonyl (C=O) groups excluding carboxylic acids is 2. The summed E-state index contributed by atoms with van der Waals surface area (Å²) < 4.78 is 14.9. The molecule has 0 aliphatic carbocycles. The molecule has 4 rings (SSSR count). The second kappa shape index (κ2) is 52.7. The van der Waals surface area contributed by atoms with Gasteiger partial charge in [0, 0.05) is 35.7 Å². The largest absolute Gasteiger partial charge is 0.356 e. The number of amides is 2. The van der Waals surface area contributed by atoms with Gasteiger partial charge in [0.15, 0.2) is 0 Å². The summed E-state index contributed by atoms with van der Waals surface area (Å²) in [6.45, 7) is 15.0. The molecule has 0 aromatic rings. The molecule has 2 N–H and O–H groups in total. The lowest BCUT2D eigenvalue weighted by atomic mass is 10.1. The molecule has 0 saturated carbocycles. The average molecular weight is 1400 g/mol. The van der Waals surface area contributed by atoms with Crippen LogP contribution in [0.4, 0.5) is 0 Å². The van der Waals surface area contributed by atoms with E-state index < -0.39 is 0 Å². The molecule has 2 amide bonds. The second-order valence-electron chi connectivity index (χ2n) is 22.1. The lowest BCUT2D eigenvalue weighted by Crippen LogP contribution is -2.29. The average Bonchev–Trinajstić information content (AvgIpc) is 4.50. The van der Waals surface area contributed by atoms with Gasteiger partial charge in [-0.05, 0) is 93.3 Å². The lowest BCUT2D eigenvalue weighted by Gasteiger charge is -2.08. The zero-order chi connectivity index (χ0) is 59.2. The summed E-state index contributed by atoms with van der Waals surface area (Å²) in [6, 6.07) is 0. The van der Waals surface area contributed by atoms with Crippen LogP contribution in [0.1, 0.15) is 279 Å². The van der Waals surface area contributed by atoms with E-state index in [0.717, 1.165) is 30.8 Å². The highest BCUT2D eigenvalue weighted by Gasteiger charge is 2.31. The van der Waals surface area contributed by atoms with Crippen LogP contribution in [0.25, 0.3) is 0 Å². The zero-order valence-corrected chi connectivity index (χ0v) is 63.8. The summed E-state index contributed by atoms with van der Waals surface area (Å²) >= 11 is 28.3. The smallest absolute Gasteiger partial charge is 0.220 e. The molecular formula is C65H110N2O2S14. The molecule has 0 atom stereocenters. The summed E-state index contributed by atoms with van der Waals surface area (Å²) in [7, 11) is 0. The van der Waals surface area contributed by atoms with Crippen LogP contribution in [0.2, 0.25) is 0 Å². The maximum absolute atomic E-state index is 12.8. The second-order valence-corrected chi connectivity index (χ2v) is 39.8. The molecule has 4 heterocycles. The van der Waals surface area contributed by atoms with Crippen LogP contribution < -0.4 is 10.6 Å². The van der Waals surface area contributed by atoms with Crippen LogP contribution >= 0.6 is 165 Å². The van der Waals surface area contributed by atoms with Crippen LogP contribution in [-0.2, 0) is 9.59 Å². The Kier molecular flexibility index (Phi) is 49.4. The summed E-state index contributed by atoms with van der Waals surface area (Å²) in [6.07, 6.45) is 47.6. The third kappa shape index (κ3) is 36.9. The van der Waals surface area contributed by atoms with Crippen molar-refractivity contribution in [3.05, 3.63) is 52.2 Å². The van der Waals surface area contributed by atoms with Gasteiger partial charge in [-0.15, -0.1) is 70.6 Å². The lowest BCUT2D eigenvalue weighted by molar-refractivity contribution is -0.121. The maximum atomic E-state index is 12.8. The summed E-state index contributed by atoms with van der Waals surface area (Å²) in [5.74, 6) is 7.07. The first kappa shape index (κ1) is 77.7. The van der Waals surface area contributed by atoms with Gasteiger partial charge in [-0.25, -0.2) is 0 Å². The fraction of sp³-hybridized carbons (Fsp3) is 0.785. The van der Waals surface area contributed by atoms with E-state index in [1.807, 2.05) is 118 Å². The highest BCUT2D eigenvalue weighted by Crippen LogP contribution is 2.66. The van der Waals surface area contributed by atoms with Gasteiger partial charge in [-0.3, -0.25) is 9.59 Å². The van der Waals surface area contributed by atoms with Crippen molar-refractivity contribution in [1.29, 1.82) is 0 Å². The van der Waals surface area contributed by atoms with Crippen molar-refractivity contribution < 1.29 is 9.59 Å². The van der Waals surface area contributed by atoms with Crippen molar-refractivity contribution in [2.75, 3.05) is 47.6 Å². The van der Waals surface area contributed by atoms with Crippen LogP contribution in [-0.4, -0.2) is 59.4 Å². The van der Waals surface area contributed by atoms with Gasteiger partial charge in [0.05, 0.1) is 42.4 Å². The SMILES string of the molecule is CCCCCCCCCCSC1=C(SCCCCCCCCCC)SC(=C2SC(C)=C(SCCCC(=O)NCCCNC(=O)CCCSC3=C(C)SC(=C4SC(SCCCCCCCCCC)=C(SCCCCCCCCCC)S4)S3)S2)S1. The summed E-state index contributed by atoms with van der Waals surface area (Å²) in [4.78, 5) is 28.4. The fourth-order valence-electron chi connectivity index (χ4n) is 9.33.